The Morgan fingerprint density at radius 3 is 2.83 bits per heavy atom. The molecule has 1 amide bonds. The molecule has 5 heteroatoms. The molecule has 1 aliphatic rings. The fourth-order valence-corrected chi connectivity index (χ4v) is 3.18. The van der Waals surface area contributed by atoms with Gasteiger partial charge in [0.05, 0.1) is 12.0 Å². The molecule has 0 atom stereocenters. The average Bonchev–Trinajstić information content (AvgIpc) is 2.89. The van der Waals surface area contributed by atoms with Crippen LogP contribution in [0, 0.1) is 0 Å². The lowest BCUT2D eigenvalue weighted by molar-refractivity contribution is 0.0661. The van der Waals surface area contributed by atoms with Gasteiger partial charge in [0.15, 0.2) is 0 Å². The SMILES string of the molecule is CCN(C(=O)c1cc(OC)cs1)C1CCNCC1. The average molecular weight is 268 g/mol. The van der Waals surface area contributed by atoms with Crippen LogP contribution in [0.2, 0.25) is 0 Å². The van der Waals surface area contributed by atoms with Crippen LogP contribution in [0.1, 0.15) is 29.4 Å². The summed E-state index contributed by atoms with van der Waals surface area (Å²) in [6, 6.07) is 2.20. The third-order valence-electron chi connectivity index (χ3n) is 3.37. The minimum atomic E-state index is 0.137. The molecule has 4 nitrogen and oxygen atoms in total. The number of hydrogen-bond acceptors (Lipinski definition) is 4. The molecular formula is C13H20N2O2S. The van der Waals surface area contributed by atoms with Crippen LogP contribution < -0.4 is 10.1 Å². The van der Waals surface area contributed by atoms with Crippen molar-refractivity contribution in [3.63, 3.8) is 0 Å². The van der Waals surface area contributed by atoms with Crippen LogP contribution in [0.15, 0.2) is 11.4 Å². The Balaban J connectivity index is 2.08. The molecule has 0 saturated carbocycles. The van der Waals surface area contributed by atoms with Crippen molar-refractivity contribution in [1.29, 1.82) is 0 Å². The molecule has 18 heavy (non-hydrogen) atoms. The number of carbonyl (C=O) groups is 1. The normalized spacial score (nSPS) is 16.6. The summed E-state index contributed by atoms with van der Waals surface area (Å²) in [6.07, 6.45) is 2.09. The fraction of sp³-hybridized carbons (Fsp3) is 0.615. The smallest absolute Gasteiger partial charge is 0.264 e. The van der Waals surface area contributed by atoms with E-state index in [2.05, 4.69) is 5.32 Å². The van der Waals surface area contributed by atoms with E-state index in [1.807, 2.05) is 23.3 Å². The molecule has 1 aliphatic heterocycles. The highest BCUT2D eigenvalue weighted by molar-refractivity contribution is 7.12. The van der Waals surface area contributed by atoms with E-state index in [0.717, 1.165) is 43.1 Å². The summed E-state index contributed by atoms with van der Waals surface area (Å²) in [5.74, 6) is 0.905. The number of hydrogen-bond donors (Lipinski definition) is 1. The van der Waals surface area contributed by atoms with Crippen LogP contribution in [0.3, 0.4) is 0 Å². The van der Waals surface area contributed by atoms with Crippen molar-refractivity contribution in [2.24, 2.45) is 0 Å². The van der Waals surface area contributed by atoms with Crippen molar-refractivity contribution in [2.75, 3.05) is 26.7 Å². The number of ether oxygens (including phenoxy) is 1. The van der Waals surface area contributed by atoms with E-state index in [1.165, 1.54) is 11.3 Å². The molecule has 0 aliphatic carbocycles. The Hall–Kier alpha value is -1.07. The third kappa shape index (κ3) is 2.84. The fourth-order valence-electron chi connectivity index (χ4n) is 2.37. The lowest BCUT2D eigenvalue weighted by atomic mass is 10.0. The second-order valence-corrected chi connectivity index (χ2v) is 5.33. The lowest BCUT2D eigenvalue weighted by Crippen LogP contribution is -2.45. The van der Waals surface area contributed by atoms with Crippen LogP contribution in [0.25, 0.3) is 0 Å². The quantitative estimate of drug-likeness (QED) is 0.908. The molecule has 0 unspecified atom stereocenters. The van der Waals surface area contributed by atoms with Crippen molar-refractivity contribution in [3.8, 4) is 5.75 Å². The van der Waals surface area contributed by atoms with E-state index in [-0.39, 0.29) is 5.91 Å². The first-order valence-corrected chi connectivity index (χ1v) is 7.28. The molecule has 1 saturated heterocycles. The van der Waals surface area contributed by atoms with Gasteiger partial charge in [-0.2, -0.15) is 0 Å². The summed E-state index contributed by atoms with van der Waals surface area (Å²) < 4.78 is 5.13. The van der Waals surface area contributed by atoms with Crippen LogP contribution in [0.5, 0.6) is 5.75 Å². The van der Waals surface area contributed by atoms with Gasteiger partial charge < -0.3 is 15.0 Å². The maximum atomic E-state index is 12.5. The van der Waals surface area contributed by atoms with Crippen LogP contribution in [-0.2, 0) is 0 Å². The zero-order valence-corrected chi connectivity index (χ0v) is 11.8. The van der Waals surface area contributed by atoms with Gasteiger partial charge in [-0.1, -0.05) is 0 Å². The van der Waals surface area contributed by atoms with Gasteiger partial charge in [0, 0.05) is 24.0 Å². The minimum Gasteiger partial charge on any atom is -0.496 e. The Bertz CT molecular complexity index is 399. The van der Waals surface area contributed by atoms with Crippen molar-refractivity contribution < 1.29 is 9.53 Å². The highest BCUT2D eigenvalue weighted by atomic mass is 32.1. The number of nitrogens with zero attached hydrogens (tertiary/aromatic N) is 1. The maximum absolute atomic E-state index is 12.5. The van der Waals surface area contributed by atoms with Crippen LogP contribution in [0.4, 0.5) is 0 Å². The van der Waals surface area contributed by atoms with E-state index in [4.69, 9.17) is 4.74 Å². The largest absolute Gasteiger partial charge is 0.496 e. The standard InChI is InChI=1S/C13H20N2O2S/c1-3-15(10-4-6-14-7-5-10)13(16)12-8-11(17-2)9-18-12/h8-10,14H,3-7H2,1-2H3. The molecule has 2 heterocycles. The second-order valence-electron chi connectivity index (χ2n) is 4.42. The highest BCUT2D eigenvalue weighted by Gasteiger charge is 2.25. The Morgan fingerprint density at radius 1 is 1.56 bits per heavy atom. The number of piperidine rings is 1. The summed E-state index contributed by atoms with van der Waals surface area (Å²) in [7, 11) is 1.63. The zero-order valence-electron chi connectivity index (χ0n) is 10.9. The van der Waals surface area contributed by atoms with Crippen molar-refractivity contribution in [2.45, 2.75) is 25.8 Å². The van der Waals surface area contributed by atoms with Crippen molar-refractivity contribution >= 4 is 17.2 Å². The summed E-state index contributed by atoms with van der Waals surface area (Å²) in [5.41, 5.74) is 0. The first-order valence-electron chi connectivity index (χ1n) is 6.40. The zero-order chi connectivity index (χ0) is 13.0. The van der Waals surface area contributed by atoms with Gasteiger partial charge in [-0.3, -0.25) is 4.79 Å². The summed E-state index contributed by atoms with van der Waals surface area (Å²) in [6.45, 7) is 4.82. The molecule has 1 N–H and O–H groups in total. The first-order chi connectivity index (χ1) is 8.76. The number of carbonyl (C=O) groups excluding carboxylic acids is 1. The summed E-state index contributed by atoms with van der Waals surface area (Å²) in [5, 5.41) is 5.21. The molecule has 0 spiro atoms. The van der Waals surface area contributed by atoms with E-state index in [0.29, 0.717) is 6.04 Å². The van der Waals surface area contributed by atoms with Gasteiger partial charge in [0.2, 0.25) is 0 Å². The Labute approximate surface area is 112 Å². The minimum absolute atomic E-state index is 0.137. The molecule has 0 bridgehead atoms. The molecule has 0 radical (unpaired) electrons. The Morgan fingerprint density at radius 2 is 2.28 bits per heavy atom. The van der Waals surface area contributed by atoms with Crippen molar-refractivity contribution in [1.82, 2.24) is 10.2 Å². The molecule has 1 fully saturated rings. The molecule has 100 valence electrons. The van der Waals surface area contributed by atoms with Crippen molar-refractivity contribution in [3.05, 3.63) is 16.3 Å². The number of thiophene rings is 1. The number of rotatable bonds is 4. The van der Waals surface area contributed by atoms with E-state index in [9.17, 15) is 4.79 Å². The number of amides is 1. The van der Waals surface area contributed by atoms with E-state index >= 15 is 0 Å². The summed E-state index contributed by atoms with van der Waals surface area (Å²) in [4.78, 5) is 15.2. The first kappa shape index (κ1) is 13.4. The van der Waals surface area contributed by atoms with Gasteiger partial charge in [-0.05, 0) is 32.9 Å². The van der Waals surface area contributed by atoms with Gasteiger partial charge in [0.1, 0.15) is 5.75 Å². The second kappa shape index (κ2) is 6.20. The molecule has 1 aromatic heterocycles. The monoisotopic (exact) mass is 268 g/mol. The third-order valence-corrected chi connectivity index (χ3v) is 4.27. The Kier molecular flexibility index (Phi) is 4.60. The van der Waals surface area contributed by atoms with Crippen LogP contribution in [-0.4, -0.2) is 43.6 Å². The van der Waals surface area contributed by atoms with Gasteiger partial charge in [-0.25, -0.2) is 0 Å². The highest BCUT2D eigenvalue weighted by Crippen LogP contribution is 2.24. The predicted octanol–water partition coefficient (Wildman–Crippen LogP) is 1.97. The molecule has 2 rings (SSSR count). The predicted molar refractivity (Wildman–Crippen MR) is 73.5 cm³/mol. The van der Waals surface area contributed by atoms with Gasteiger partial charge >= 0.3 is 0 Å². The summed E-state index contributed by atoms with van der Waals surface area (Å²) >= 11 is 1.46. The van der Waals surface area contributed by atoms with E-state index in [1.54, 1.807) is 7.11 Å². The molecule has 1 aromatic rings. The molecule has 0 aromatic carbocycles. The lowest BCUT2D eigenvalue weighted by Gasteiger charge is -2.33. The topological polar surface area (TPSA) is 41.6 Å². The maximum Gasteiger partial charge on any atom is 0.264 e. The molecular weight excluding hydrogens is 248 g/mol. The number of methoxy groups -OCH3 is 1. The van der Waals surface area contributed by atoms with Gasteiger partial charge in [0.25, 0.3) is 5.91 Å². The van der Waals surface area contributed by atoms with E-state index < -0.39 is 0 Å². The van der Waals surface area contributed by atoms with Gasteiger partial charge in [-0.15, -0.1) is 11.3 Å². The number of nitrogens with one attached hydrogen (secondary N) is 1. The van der Waals surface area contributed by atoms with Crippen LogP contribution >= 0.6 is 11.3 Å².